The van der Waals surface area contributed by atoms with E-state index in [4.69, 9.17) is 4.74 Å². The first kappa shape index (κ1) is 17.8. The third-order valence-corrected chi connectivity index (χ3v) is 5.85. The highest BCUT2D eigenvalue weighted by Crippen LogP contribution is 2.34. The summed E-state index contributed by atoms with van der Waals surface area (Å²) in [5.74, 6) is 0.592. The van der Waals surface area contributed by atoms with Crippen molar-refractivity contribution in [1.29, 1.82) is 0 Å². The van der Waals surface area contributed by atoms with Gasteiger partial charge in [0.05, 0.1) is 12.0 Å². The summed E-state index contributed by atoms with van der Waals surface area (Å²) in [7, 11) is 0. The van der Waals surface area contributed by atoms with Crippen molar-refractivity contribution < 1.29 is 14.6 Å². The Morgan fingerprint density at radius 3 is 2.14 bits per heavy atom. The second-order valence-corrected chi connectivity index (χ2v) is 7.47. The van der Waals surface area contributed by atoms with E-state index >= 15 is 0 Å². The number of hydrogen-bond donors (Lipinski definition) is 1. The highest BCUT2D eigenvalue weighted by Gasteiger charge is 2.36. The molecule has 3 nitrogen and oxygen atoms in total. The summed E-state index contributed by atoms with van der Waals surface area (Å²) in [5.41, 5.74) is 0. The van der Waals surface area contributed by atoms with E-state index in [0.29, 0.717) is 5.92 Å². The molecule has 1 N–H and O–H groups in total. The number of aliphatic hydroxyl groups is 1. The van der Waals surface area contributed by atoms with Crippen molar-refractivity contribution >= 4 is 5.97 Å². The van der Waals surface area contributed by atoms with Crippen molar-refractivity contribution in [1.82, 2.24) is 0 Å². The monoisotopic (exact) mass is 310 g/mol. The SMILES string of the molecule is CC[C@@H](O)[C@@H](C)[C@H](OC(=O)C1CCCCC1)C1CCCCC1. The Morgan fingerprint density at radius 2 is 1.59 bits per heavy atom. The molecule has 2 aliphatic rings. The molecule has 0 heterocycles. The van der Waals surface area contributed by atoms with Gasteiger partial charge in [-0.3, -0.25) is 4.79 Å². The molecule has 0 radical (unpaired) electrons. The van der Waals surface area contributed by atoms with Crippen LogP contribution in [0.25, 0.3) is 0 Å². The summed E-state index contributed by atoms with van der Waals surface area (Å²) in [5, 5.41) is 10.3. The normalized spacial score (nSPS) is 25.4. The first-order valence-corrected chi connectivity index (χ1v) is 9.52. The molecular formula is C19H34O3. The van der Waals surface area contributed by atoms with E-state index < -0.39 is 0 Å². The van der Waals surface area contributed by atoms with E-state index in [1.807, 2.05) is 6.92 Å². The van der Waals surface area contributed by atoms with Gasteiger partial charge in [0.25, 0.3) is 0 Å². The Morgan fingerprint density at radius 1 is 1.05 bits per heavy atom. The Labute approximate surface area is 135 Å². The summed E-state index contributed by atoms with van der Waals surface area (Å²) in [6.07, 6.45) is 11.8. The molecule has 0 aliphatic heterocycles. The van der Waals surface area contributed by atoms with E-state index in [1.54, 1.807) is 0 Å². The summed E-state index contributed by atoms with van der Waals surface area (Å²) in [6, 6.07) is 0. The number of aliphatic hydroxyl groups excluding tert-OH is 1. The van der Waals surface area contributed by atoms with Gasteiger partial charge in [-0.2, -0.15) is 0 Å². The van der Waals surface area contributed by atoms with Crippen LogP contribution in [-0.2, 0) is 9.53 Å². The molecule has 0 amide bonds. The van der Waals surface area contributed by atoms with Crippen molar-refractivity contribution in [3.05, 3.63) is 0 Å². The Kier molecular flexibility index (Phi) is 7.20. The topological polar surface area (TPSA) is 46.5 Å². The lowest BCUT2D eigenvalue weighted by Crippen LogP contribution is -2.40. The molecule has 2 rings (SSSR count). The Hall–Kier alpha value is -0.570. The lowest BCUT2D eigenvalue weighted by Gasteiger charge is -2.36. The zero-order chi connectivity index (χ0) is 15.9. The van der Waals surface area contributed by atoms with Gasteiger partial charge in [0.2, 0.25) is 0 Å². The summed E-state index contributed by atoms with van der Waals surface area (Å²) >= 11 is 0. The van der Waals surface area contributed by atoms with Crippen LogP contribution in [0.4, 0.5) is 0 Å². The van der Waals surface area contributed by atoms with Gasteiger partial charge < -0.3 is 9.84 Å². The number of carbonyl (C=O) groups excluding carboxylic acids is 1. The molecule has 0 aromatic carbocycles. The van der Waals surface area contributed by atoms with Crippen LogP contribution in [0.2, 0.25) is 0 Å². The van der Waals surface area contributed by atoms with Crippen LogP contribution in [0.1, 0.15) is 84.5 Å². The van der Waals surface area contributed by atoms with Crippen molar-refractivity contribution in [3.8, 4) is 0 Å². The van der Waals surface area contributed by atoms with E-state index in [2.05, 4.69) is 6.92 Å². The average Bonchev–Trinajstić information content (AvgIpc) is 2.59. The molecule has 0 unspecified atom stereocenters. The molecule has 2 saturated carbocycles. The quantitative estimate of drug-likeness (QED) is 0.736. The van der Waals surface area contributed by atoms with Gasteiger partial charge in [0, 0.05) is 5.92 Å². The Balaban J connectivity index is 2.00. The van der Waals surface area contributed by atoms with Crippen molar-refractivity contribution in [2.45, 2.75) is 96.7 Å². The van der Waals surface area contributed by atoms with Gasteiger partial charge in [-0.15, -0.1) is 0 Å². The van der Waals surface area contributed by atoms with Crippen LogP contribution < -0.4 is 0 Å². The first-order chi connectivity index (χ1) is 10.6. The molecule has 0 spiro atoms. The van der Waals surface area contributed by atoms with E-state index in [0.717, 1.165) is 44.9 Å². The molecule has 0 saturated heterocycles. The molecule has 2 aliphatic carbocycles. The molecule has 2 fully saturated rings. The third kappa shape index (κ3) is 4.71. The maximum absolute atomic E-state index is 12.6. The average molecular weight is 310 g/mol. The molecule has 128 valence electrons. The van der Waals surface area contributed by atoms with Crippen molar-refractivity contribution in [3.63, 3.8) is 0 Å². The molecule has 0 aromatic rings. The number of rotatable bonds is 6. The number of esters is 1. The van der Waals surface area contributed by atoms with Crippen LogP contribution in [0.5, 0.6) is 0 Å². The van der Waals surface area contributed by atoms with E-state index in [1.165, 1.54) is 25.7 Å². The van der Waals surface area contributed by atoms with Gasteiger partial charge >= 0.3 is 5.97 Å². The molecule has 0 aromatic heterocycles. The summed E-state index contributed by atoms with van der Waals surface area (Å²) in [6.45, 7) is 4.06. The van der Waals surface area contributed by atoms with E-state index in [-0.39, 0.29) is 30.0 Å². The van der Waals surface area contributed by atoms with Gasteiger partial charge in [-0.25, -0.2) is 0 Å². The maximum atomic E-state index is 12.6. The predicted octanol–water partition coefficient (Wildman–Crippen LogP) is 4.47. The predicted molar refractivity (Wildman–Crippen MR) is 88.5 cm³/mol. The van der Waals surface area contributed by atoms with Crippen LogP contribution in [0.15, 0.2) is 0 Å². The number of carbonyl (C=O) groups is 1. The second-order valence-electron chi connectivity index (χ2n) is 7.47. The first-order valence-electron chi connectivity index (χ1n) is 9.52. The summed E-state index contributed by atoms with van der Waals surface area (Å²) in [4.78, 5) is 12.6. The summed E-state index contributed by atoms with van der Waals surface area (Å²) < 4.78 is 6.02. The van der Waals surface area contributed by atoms with Gasteiger partial charge in [0.15, 0.2) is 0 Å². The maximum Gasteiger partial charge on any atom is 0.309 e. The fraction of sp³-hybridized carbons (Fsp3) is 0.947. The van der Waals surface area contributed by atoms with Gasteiger partial charge in [0.1, 0.15) is 6.10 Å². The van der Waals surface area contributed by atoms with Crippen LogP contribution >= 0.6 is 0 Å². The standard InChI is InChI=1S/C19H34O3/c1-3-17(20)14(2)18(15-10-6-4-7-11-15)22-19(21)16-12-8-5-9-13-16/h14-18,20H,3-13H2,1-2H3/t14-,17-,18+/m1/s1. The van der Waals surface area contributed by atoms with Gasteiger partial charge in [-0.05, 0) is 38.0 Å². The molecule has 3 atom stereocenters. The molecule has 3 heteroatoms. The second kappa shape index (κ2) is 8.90. The third-order valence-electron chi connectivity index (χ3n) is 5.85. The molecule has 22 heavy (non-hydrogen) atoms. The lowest BCUT2D eigenvalue weighted by atomic mass is 9.78. The van der Waals surface area contributed by atoms with Crippen LogP contribution in [0, 0.1) is 17.8 Å². The Bertz CT molecular complexity index is 328. The smallest absolute Gasteiger partial charge is 0.309 e. The minimum absolute atomic E-state index is 0.00502. The minimum Gasteiger partial charge on any atom is -0.461 e. The van der Waals surface area contributed by atoms with Crippen LogP contribution in [-0.4, -0.2) is 23.3 Å². The fourth-order valence-electron chi connectivity index (χ4n) is 4.25. The van der Waals surface area contributed by atoms with Crippen molar-refractivity contribution in [2.24, 2.45) is 17.8 Å². The highest BCUT2D eigenvalue weighted by molar-refractivity contribution is 5.72. The fourth-order valence-corrected chi connectivity index (χ4v) is 4.25. The lowest BCUT2D eigenvalue weighted by molar-refractivity contribution is -0.165. The zero-order valence-electron chi connectivity index (χ0n) is 14.4. The minimum atomic E-state index is -0.369. The molecule has 0 bridgehead atoms. The largest absolute Gasteiger partial charge is 0.461 e. The van der Waals surface area contributed by atoms with E-state index in [9.17, 15) is 9.90 Å². The van der Waals surface area contributed by atoms with Crippen molar-refractivity contribution in [2.75, 3.05) is 0 Å². The number of ether oxygens (including phenoxy) is 1. The van der Waals surface area contributed by atoms with Crippen LogP contribution in [0.3, 0.4) is 0 Å². The van der Waals surface area contributed by atoms with Gasteiger partial charge in [-0.1, -0.05) is 52.4 Å². The number of hydrogen-bond acceptors (Lipinski definition) is 3. The zero-order valence-corrected chi connectivity index (χ0v) is 14.4. The highest BCUT2D eigenvalue weighted by atomic mass is 16.5. The molecular weight excluding hydrogens is 276 g/mol.